The normalized spacial score (nSPS) is 16.2. The molecule has 2 aliphatic rings. The molecule has 39 heavy (non-hydrogen) atoms. The second kappa shape index (κ2) is 11.8. The first kappa shape index (κ1) is 25.9. The SMILES string of the molecule is Cn1nc(NCCCN2CCCC2)c2ccc(-c3cc(Nc4ccc(Cl)cc4)nc(N4CCOCC4)n3)cc21. The Hall–Kier alpha value is -3.40. The van der Waals surface area contributed by atoms with Crippen LogP contribution in [0.4, 0.5) is 23.3 Å². The van der Waals surface area contributed by atoms with Gasteiger partial charge in [-0.3, -0.25) is 4.68 Å². The van der Waals surface area contributed by atoms with Gasteiger partial charge in [0.05, 0.1) is 24.4 Å². The fourth-order valence-electron chi connectivity index (χ4n) is 5.30. The maximum Gasteiger partial charge on any atom is 0.228 e. The van der Waals surface area contributed by atoms with E-state index in [0.29, 0.717) is 24.2 Å². The van der Waals surface area contributed by atoms with Gasteiger partial charge in [-0.2, -0.15) is 10.1 Å². The number of aromatic nitrogens is 4. The molecule has 0 atom stereocenters. The first-order valence-corrected chi connectivity index (χ1v) is 14.2. The molecule has 0 bridgehead atoms. The summed E-state index contributed by atoms with van der Waals surface area (Å²) in [6, 6.07) is 16.0. The molecule has 0 amide bonds. The van der Waals surface area contributed by atoms with Crippen molar-refractivity contribution in [2.24, 2.45) is 7.05 Å². The molecule has 2 saturated heterocycles. The molecular weight excluding hydrogens is 512 g/mol. The summed E-state index contributed by atoms with van der Waals surface area (Å²) in [4.78, 5) is 14.5. The largest absolute Gasteiger partial charge is 0.378 e. The Kier molecular flexibility index (Phi) is 7.81. The predicted molar refractivity (Wildman–Crippen MR) is 158 cm³/mol. The van der Waals surface area contributed by atoms with Crippen LogP contribution in [0.1, 0.15) is 19.3 Å². The van der Waals surface area contributed by atoms with E-state index in [9.17, 15) is 0 Å². The van der Waals surface area contributed by atoms with Crippen molar-refractivity contribution in [1.82, 2.24) is 24.6 Å². The van der Waals surface area contributed by atoms with E-state index in [0.717, 1.165) is 72.1 Å². The van der Waals surface area contributed by atoms with Crippen LogP contribution in [-0.2, 0) is 11.8 Å². The van der Waals surface area contributed by atoms with Crippen LogP contribution in [0, 0.1) is 0 Å². The van der Waals surface area contributed by atoms with Crippen molar-refractivity contribution in [3.8, 4) is 11.3 Å². The minimum atomic E-state index is 0.669. The van der Waals surface area contributed by atoms with Gasteiger partial charge in [-0.1, -0.05) is 17.7 Å². The third-order valence-electron chi connectivity index (χ3n) is 7.41. The summed E-state index contributed by atoms with van der Waals surface area (Å²) >= 11 is 6.09. The van der Waals surface area contributed by atoms with Gasteiger partial charge in [0.25, 0.3) is 0 Å². The Bertz CT molecular complexity index is 1410. The van der Waals surface area contributed by atoms with Gasteiger partial charge in [0.2, 0.25) is 5.95 Å². The summed E-state index contributed by atoms with van der Waals surface area (Å²) in [7, 11) is 1.99. The molecule has 4 aromatic rings. The van der Waals surface area contributed by atoms with E-state index in [1.807, 2.05) is 42.1 Å². The van der Waals surface area contributed by atoms with Gasteiger partial charge in [0.1, 0.15) is 5.82 Å². The molecule has 10 heteroatoms. The number of fused-ring (bicyclic) bond motifs is 1. The van der Waals surface area contributed by atoms with Gasteiger partial charge in [-0.25, -0.2) is 4.98 Å². The molecule has 204 valence electrons. The lowest BCUT2D eigenvalue weighted by Gasteiger charge is -2.27. The van der Waals surface area contributed by atoms with Crippen LogP contribution in [0.15, 0.2) is 48.5 Å². The van der Waals surface area contributed by atoms with E-state index in [2.05, 4.69) is 38.6 Å². The number of hydrogen-bond acceptors (Lipinski definition) is 8. The van der Waals surface area contributed by atoms with E-state index < -0.39 is 0 Å². The number of nitrogens with zero attached hydrogens (tertiary/aromatic N) is 6. The number of morpholine rings is 1. The van der Waals surface area contributed by atoms with Gasteiger partial charge < -0.3 is 25.2 Å². The molecular formula is C29H35ClN8O. The second-order valence-electron chi connectivity index (χ2n) is 10.2. The highest BCUT2D eigenvalue weighted by atomic mass is 35.5. The van der Waals surface area contributed by atoms with E-state index in [-0.39, 0.29) is 0 Å². The van der Waals surface area contributed by atoms with Gasteiger partial charge in [-0.15, -0.1) is 0 Å². The zero-order valence-corrected chi connectivity index (χ0v) is 23.1. The summed E-state index contributed by atoms with van der Waals surface area (Å²) in [5.74, 6) is 2.36. The van der Waals surface area contributed by atoms with Crippen LogP contribution in [-0.4, -0.2) is 77.1 Å². The molecule has 2 N–H and O–H groups in total. The lowest BCUT2D eigenvalue weighted by atomic mass is 10.1. The van der Waals surface area contributed by atoms with E-state index in [1.54, 1.807) is 0 Å². The molecule has 9 nitrogen and oxygen atoms in total. The number of nitrogens with one attached hydrogen (secondary N) is 2. The number of anilines is 4. The smallest absolute Gasteiger partial charge is 0.228 e. The molecule has 0 saturated carbocycles. The van der Waals surface area contributed by atoms with E-state index in [1.165, 1.54) is 25.9 Å². The molecule has 4 heterocycles. The number of ether oxygens (including phenoxy) is 1. The Morgan fingerprint density at radius 1 is 0.949 bits per heavy atom. The second-order valence-corrected chi connectivity index (χ2v) is 10.6. The number of halogens is 1. The summed E-state index contributed by atoms with van der Waals surface area (Å²) in [6.07, 6.45) is 3.78. The fraction of sp³-hybridized carbons (Fsp3) is 0.414. The molecule has 0 aliphatic carbocycles. The first-order valence-electron chi connectivity index (χ1n) is 13.8. The molecule has 0 unspecified atom stereocenters. The summed E-state index contributed by atoms with van der Waals surface area (Å²) < 4.78 is 7.50. The average molecular weight is 547 g/mol. The fourth-order valence-corrected chi connectivity index (χ4v) is 5.42. The van der Waals surface area contributed by atoms with Crippen LogP contribution in [0.2, 0.25) is 5.02 Å². The average Bonchev–Trinajstić information content (AvgIpc) is 3.60. The quantitative estimate of drug-likeness (QED) is 0.278. The van der Waals surface area contributed by atoms with Crippen molar-refractivity contribution in [2.45, 2.75) is 19.3 Å². The van der Waals surface area contributed by atoms with Crippen molar-refractivity contribution in [3.05, 3.63) is 53.6 Å². The summed E-state index contributed by atoms with van der Waals surface area (Å²) in [5.41, 5.74) is 3.85. The van der Waals surface area contributed by atoms with E-state index in [4.69, 9.17) is 31.4 Å². The highest BCUT2D eigenvalue weighted by Crippen LogP contribution is 2.30. The number of benzene rings is 2. The third kappa shape index (κ3) is 6.11. The molecule has 2 aromatic heterocycles. The number of rotatable bonds is 9. The Labute approximate surface area is 234 Å². The summed E-state index contributed by atoms with van der Waals surface area (Å²) in [6.45, 7) is 7.40. The Morgan fingerprint density at radius 2 is 1.74 bits per heavy atom. The molecule has 0 spiro atoms. The van der Waals surface area contributed by atoms with Gasteiger partial charge in [-0.05, 0) is 75.3 Å². The van der Waals surface area contributed by atoms with Gasteiger partial charge >= 0.3 is 0 Å². The third-order valence-corrected chi connectivity index (χ3v) is 7.67. The standard InChI is InChI=1S/C29H35ClN8O/c1-36-26-19-21(5-10-24(26)28(35-36)31-11-4-14-37-12-2-3-13-37)25-20-27(32-23-8-6-22(30)7-9-23)34-29(33-25)38-15-17-39-18-16-38/h5-10,19-20H,2-4,11-18H2,1H3,(H,31,35)(H,32,33,34). The molecule has 6 rings (SSSR count). The van der Waals surface area contributed by atoms with Crippen LogP contribution in [0.5, 0.6) is 0 Å². The highest BCUT2D eigenvalue weighted by molar-refractivity contribution is 6.30. The number of hydrogen-bond donors (Lipinski definition) is 2. The van der Waals surface area contributed by atoms with Gasteiger partial charge in [0.15, 0.2) is 5.82 Å². The molecule has 0 radical (unpaired) electrons. The lowest BCUT2D eigenvalue weighted by Crippen LogP contribution is -2.37. The lowest BCUT2D eigenvalue weighted by molar-refractivity contribution is 0.122. The van der Waals surface area contributed by atoms with E-state index >= 15 is 0 Å². The maximum absolute atomic E-state index is 6.09. The molecule has 2 aromatic carbocycles. The Balaban J connectivity index is 1.26. The minimum absolute atomic E-state index is 0.669. The topological polar surface area (TPSA) is 83.4 Å². The zero-order chi connectivity index (χ0) is 26.6. The van der Waals surface area contributed by atoms with Crippen LogP contribution in [0.25, 0.3) is 22.2 Å². The monoisotopic (exact) mass is 546 g/mol. The minimum Gasteiger partial charge on any atom is -0.378 e. The van der Waals surface area contributed by atoms with Crippen LogP contribution in [0.3, 0.4) is 0 Å². The number of likely N-dealkylation sites (tertiary alicyclic amines) is 1. The molecule has 2 fully saturated rings. The van der Waals surface area contributed by atoms with Crippen molar-refractivity contribution in [3.63, 3.8) is 0 Å². The zero-order valence-electron chi connectivity index (χ0n) is 22.4. The van der Waals surface area contributed by atoms with Crippen molar-refractivity contribution in [1.29, 1.82) is 0 Å². The predicted octanol–water partition coefficient (Wildman–Crippen LogP) is 5.16. The first-order chi connectivity index (χ1) is 19.1. The van der Waals surface area contributed by atoms with Gasteiger partial charge in [0, 0.05) is 54.4 Å². The number of aryl methyl sites for hydroxylation is 1. The van der Waals surface area contributed by atoms with Crippen LogP contribution < -0.4 is 15.5 Å². The Morgan fingerprint density at radius 3 is 2.54 bits per heavy atom. The summed E-state index contributed by atoms with van der Waals surface area (Å²) in [5, 5.41) is 13.6. The van der Waals surface area contributed by atoms with Crippen molar-refractivity contribution >= 4 is 45.8 Å². The van der Waals surface area contributed by atoms with Crippen molar-refractivity contribution < 1.29 is 4.74 Å². The van der Waals surface area contributed by atoms with Crippen molar-refractivity contribution in [2.75, 3.05) is 68.0 Å². The highest BCUT2D eigenvalue weighted by Gasteiger charge is 2.18. The maximum atomic E-state index is 6.09. The molecule has 2 aliphatic heterocycles. The van der Waals surface area contributed by atoms with Crippen LogP contribution >= 0.6 is 11.6 Å².